The van der Waals surface area contributed by atoms with Gasteiger partial charge in [-0.25, -0.2) is 8.78 Å². The fraction of sp³-hybridized carbons (Fsp3) is 0.500. The maximum Gasteiger partial charge on any atom is 0.146 e. The zero-order valence-corrected chi connectivity index (χ0v) is 9.62. The molecule has 3 nitrogen and oxygen atoms in total. The molecule has 1 N–H and O–H groups in total. The van der Waals surface area contributed by atoms with Crippen molar-refractivity contribution in [3.8, 4) is 0 Å². The predicted molar refractivity (Wildman–Crippen MR) is 60.0 cm³/mol. The molecule has 0 bridgehead atoms. The molecular weight excluding hydrogens is 228 g/mol. The highest BCUT2D eigenvalue weighted by molar-refractivity contribution is 5.47. The lowest BCUT2D eigenvalue weighted by Gasteiger charge is -2.42. The molecule has 0 unspecified atom stereocenters. The van der Waals surface area contributed by atoms with Crippen LogP contribution in [0.1, 0.15) is 0 Å². The summed E-state index contributed by atoms with van der Waals surface area (Å²) in [7, 11) is 1.67. The van der Waals surface area contributed by atoms with Crippen LogP contribution in [0.25, 0.3) is 0 Å². The molecule has 5 heteroatoms. The quantitative estimate of drug-likeness (QED) is 0.868. The Morgan fingerprint density at radius 3 is 2.65 bits per heavy atom. The Kier molecular flexibility index (Phi) is 3.31. The molecular formula is C12H15F2NO2. The first kappa shape index (κ1) is 12.3. The number of aliphatic hydroxyl groups excluding tert-OH is 1. The second-order valence-electron chi connectivity index (χ2n) is 4.60. The van der Waals surface area contributed by atoms with Crippen LogP contribution in [0.4, 0.5) is 14.5 Å². The Hall–Kier alpha value is -1.20. The Bertz CT molecular complexity index is 402. The third-order valence-electron chi connectivity index (χ3n) is 3.04. The average molecular weight is 243 g/mol. The molecule has 94 valence electrons. The van der Waals surface area contributed by atoms with Gasteiger partial charge in [-0.3, -0.25) is 0 Å². The number of aliphatic hydroxyl groups is 1. The highest BCUT2D eigenvalue weighted by atomic mass is 19.1. The lowest BCUT2D eigenvalue weighted by Crippen LogP contribution is -2.52. The minimum Gasteiger partial charge on any atom is -0.396 e. The molecule has 17 heavy (non-hydrogen) atoms. The molecule has 1 aromatic rings. The second kappa shape index (κ2) is 4.58. The first-order valence-electron chi connectivity index (χ1n) is 5.41. The highest BCUT2D eigenvalue weighted by Gasteiger charge is 2.39. The summed E-state index contributed by atoms with van der Waals surface area (Å²) in [6, 6.07) is 3.34. The number of benzene rings is 1. The van der Waals surface area contributed by atoms with Crippen molar-refractivity contribution < 1.29 is 18.6 Å². The fourth-order valence-corrected chi connectivity index (χ4v) is 1.99. The molecule has 0 aromatic heterocycles. The summed E-state index contributed by atoms with van der Waals surface area (Å²) in [5.74, 6) is -0.946. The lowest BCUT2D eigenvalue weighted by molar-refractivity contribution is -0.130. The molecule has 1 aliphatic heterocycles. The second-order valence-corrected chi connectivity index (χ2v) is 4.60. The Labute approximate surface area is 98.6 Å². The maximum absolute atomic E-state index is 13.5. The molecule has 1 heterocycles. The standard InChI is InChI=1S/C12H15F2NO2/c1-15(5-12(6-16)7-17-8-12)11-4-9(13)2-3-10(11)14/h2-4,16H,5-8H2,1H3. The van der Waals surface area contributed by atoms with E-state index in [4.69, 9.17) is 4.74 Å². The number of nitrogens with zero attached hydrogens (tertiary/aromatic N) is 1. The van der Waals surface area contributed by atoms with Crippen LogP contribution in [-0.4, -0.2) is 38.5 Å². The van der Waals surface area contributed by atoms with Crippen LogP contribution in [0.2, 0.25) is 0 Å². The topological polar surface area (TPSA) is 32.7 Å². The van der Waals surface area contributed by atoms with E-state index >= 15 is 0 Å². The number of ether oxygens (including phenoxy) is 1. The first-order chi connectivity index (χ1) is 8.06. The average Bonchev–Trinajstić information content (AvgIpc) is 2.26. The normalized spacial score (nSPS) is 17.6. The number of hydrogen-bond acceptors (Lipinski definition) is 3. The van der Waals surface area contributed by atoms with E-state index < -0.39 is 11.6 Å². The Morgan fingerprint density at radius 2 is 2.12 bits per heavy atom. The molecule has 2 rings (SSSR count). The van der Waals surface area contributed by atoms with Crippen molar-refractivity contribution in [3.63, 3.8) is 0 Å². The molecule has 0 amide bonds. The minimum absolute atomic E-state index is 0.0196. The van der Waals surface area contributed by atoms with Crippen LogP contribution in [0.5, 0.6) is 0 Å². The Morgan fingerprint density at radius 1 is 1.41 bits per heavy atom. The van der Waals surface area contributed by atoms with Crippen molar-refractivity contribution in [2.24, 2.45) is 5.41 Å². The van der Waals surface area contributed by atoms with E-state index in [0.717, 1.165) is 18.2 Å². The van der Waals surface area contributed by atoms with Crippen LogP contribution in [0.3, 0.4) is 0 Å². The van der Waals surface area contributed by atoms with Gasteiger partial charge in [0.05, 0.1) is 30.9 Å². The van der Waals surface area contributed by atoms with Crippen molar-refractivity contribution in [2.75, 3.05) is 38.3 Å². The molecule has 0 spiro atoms. The van der Waals surface area contributed by atoms with Crippen molar-refractivity contribution >= 4 is 5.69 Å². The van der Waals surface area contributed by atoms with Gasteiger partial charge in [0.25, 0.3) is 0 Å². The van der Waals surface area contributed by atoms with Gasteiger partial charge in [-0.05, 0) is 12.1 Å². The third kappa shape index (κ3) is 2.40. The van der Waals surface area contributed by atoms with E-state index in [9.17, 15) is 13.9 Å². The van der Waals surface area contributed by atoms with Gasteiger partial charge in [-0.15, -0.1) is 0 Å². The van der Waals surface area contributed by atoms with Gasteiger partial charge in [0.15, 0.2) is 0 Å². The Balaban J connectivity index is 2.13. The van der Waals surface area contributed by atoms with Crippen LogP contribution in [-0.2, 0) is 4.74 Å². The monoisotopic (exact) mass is 243 g/mol. The van der Waals surface area contributed by atoms with Gasteiger partial charge >= 0.3 is 0 Å². The van der Waals surface area contributed by atoms with Gasteiger partial charge in [0, 0.05) is 19.7 Å². The van der Waals surface area contributed by atoms with E-state index in [1.54, 1.807) is 11.9 Å². The number of rotatable bonds is 4. The molecule has 1 fully saturated rings. The molecule has 1 saturated heterocycles. The molecule has 0 atom stereocenters. The number of anilines is 1. The summed E-state index contributed by atoms with van der Waals surface area (Å²) >= 11 is 0. The lowest BCUT2D eigenvalue weighted by atomic mass is 9.86. The smallest absolute Gasteiger partial charge is 0.146 e. The van der Waals surface area contributed by atoms with Crippen molar-refractivity contribution in [1.29, 1.82) is 0 Å². The summed E-state index contributed by atoms with van der Waals surface area (Å²) in [6.45, 7) is 1.31. The maximum atomic E-state index is 13.5. The molecule has 1 aromatic carbocycles. The molecule has 0 radical (unpaired) electrons. The van der Waals surface area contributed by atoms with E-state index in [1.807, 2.05) is 0 Å². The third-order valence-corrected chi connectivity index (χ3v) is 3.04. The minimum atomic E-state index is -0.476. The van der Waals surface area contributed by atoms with Gasteiger partial charge < -0.3 is 14.7 Å². The van der Waals surface area contributed by atoms with Crippen LogP contribution >= 0.6 is 0 Å². The van der Waals surface area contributed by atoms with Gasteiger partial charge in [0.2, 0.25) is 0 Å². The summed E-state index contributed by atoms with van der Waals surface area (Å²) in [4.78, 5) is 1.61. The largest absolute Gasteiger partial charge is 0.396 e. The zero-order valence-electron chi connectivity index (χ0n) is 9.62. The zero-order chi connectivity index (χ0) is 12.5. The van der Waals surface area contributed by atoms with Crippen LogP contribution < -0.4 is 4.90 Å². The number of hydrogen-bond donors (Lipinski definition) is 1. The first-order valence-corrected chi connectivity index (χ1v) is 5.41. The molecule has 0 aliphatic carbocycles. The fourth-order valence-electron chi connectivity index (χ4n) is 1.99. The number of halogens is 2. The van der Waals surface area contributed by atoms with Crippen molar-refractivity contribution in [3.05, 3.63) is 29.8 Å². The van der Waals surface area contributed by atoms with Crippen molar-refractivity contribution in [1.82, 2.24) is 0 Å². The summed E-state index contributed by atoms with van der Waals surface area (Å²) in [5.41, 5.74) is -0.155. The van der Waals surface area contributed by atoms with Crippen LogP contribution in [0.15, 0.2) is 18.2 Å². The van der Waals surface area contributed by atoms with E-state index in [0.29, 0.717) is 19.8 Å². The SMILES string of the molecule is CN(CC1(CO)COC1)c1cc(F)ccc1F. The van der Waals surface area contributed by atoms with E-state index in [2.05, 4.69) is 0 Å². The van der Waals surface area contributed by atoms with Crippen LogP contribution in [0, 0.1) is 17.0 Å². The van der Waals surface area contributed by atoms with Gasteiger partial charge in [0.1, 0.15) is 11.6 Å². The molecule has 1 aliphatic rings. The van der Waals surface area contributed by atoms with Gasteiger partial charge in [-0.1, -0.05) is 0 Å². The summed E-state index contributed by atoms with van der Waals surface area (Å²) in [6.07, 6.45) is 0. The van der Waals surface area contributed by atoms with Crippen molar-refractivity contribution in [2.45, 2.75) is 0 Å². The van der Waals surface area contributed by atoms with E-state index in [1.165, 1.54) is 0 Å². The molecule has 0 saturated carbocycles. The summed E-state index contributed by atoms with van der Waals surface area (Å²) < 4.78 is 31.6. The predicted octanol–water partition coefficient (Wildman–Crippen LogP) is 1.41. The highest BCUT2D eigenvalue weighted by Crippen LogP contribution is 2.30. The summed E-state index contributed by atoms with van der Waals surface area (Å²) in [5, 5.41) is 9.28. The van der Waals surface area contributed by atoms with Gasteiger partial charge in [-0.2, -0.15) is 0 Å². The van der Waals surface area contributed by atoms with E-state index in [-0.39, 0.29) is 17.7 Å².